The van der Waals surface area contributed by atoms with Crippen molar-refractivity contribution in [1.29, 1.82) is 0 Å². The Labute approximate surface area is 100 Å². The van der Waals surface area contributed by atoms with E-state index in [-0.39, 0.29) is 0 Å². The normalized spacial score (nSPS) is 10.4. The smallest absolute Gasteiger partial charge is 0.248 e. The van der Waals surface area contributed by atoms with Gasteiger partial charge in [-0.25, -0.2) is 4.98 Å². The van der Waals surface area contributed by atoms with Gasteiger partial charge in [0.25, 0.3) is 0 Å². The number of nitrogens with zero attached hydrogens (tertiary/aromatic N) is 2. The summed E-state index contributed by atoms with van der Waals surface area (Å²) in [6, 6.07) is 7.37. The van der Waals surface area contributed by atoms with Crippen molar-refractivity contribution < 1.29 is 4.79 Å². The molecule has 0 unspecified atom stereocenters. The van der Waals surface area contributed by atoms with E-state index in [0.29, 0.717) is 12.1 Å². The molecule has 0 fully saturated rings. The summed E-state index contributed by atoms with van der Waals surface area (Å²) in [6.07, 6.45) is 4.62. The highest BCUT2D eigenvalue weighted by molar-refractivity contribution is 5.92. The Bertz CT molecular complexity index is 531. The van der Waals surface area contributed by atoms with E-state index in [9.17, 15) is 4.79 Å². The zero-order valence-corrected chi connectivity index (χ0v) is 9.76. The zero-order valence-electron chi connectivity index (χ0n) is 9.76. The molecule has 4 nitrogen and oxygen atoms in total. The van der Waals surface area contributed by atoms with Crippen LogP contribution in [0.3, 0.4) is 0 Å². The van der Waals surface area contributed by atoms with Crippen LogP contribution in [0.2, 0.25) is 0 Å². The fourth-order valence-electron chi connectivity index (χ4n) is 1.82. The number of benzene rings is 1. The van der Waals surface area contributed by atoms with Crippen LogP contribution in [0.1, 0.15) is 28.7 Å². The topological polar surface area (TPSA) is 60.9 Å². The number of aryl methyl sites for hydroxylation is 1. The van der Waals surface area contributed by atoms with Gasteiger partial charge in [-0.05, 0) is 17.7 Å². The van der Waals surface area contributed by atoms with E-state index < -0.39 is 5.91 Å². The summed E-state index contributed by atoms with van der Waals surface area (Å²) in [5.74, 6) is 0.641. The summed E-state index contributed by atoms with van der Waals surface area (Å²) < 4.78 is 2.07. The monoisotopic (exact) mass is 229 g/mol. The van der Waals surface area contributed by atoms with Crippen LogP contribution in [0.4, 0.5) is 0 Å². The Morgan fingerprint density at radius 2 is 2.29 bits per heavy atom. The summed E-state index contributed by atoms with van der Waals surface area (Å²) in [4.78, 5) is 15.3. The van der Waals surface area contributed by atoms with E-state index in [0.717, 1.165) is 17.8 Å². The lowest BCUT2D eigenvalue weighted by Gasteiger charge is -2.07. The fraction of sp³-hybridized carbons (Fsp3) is 0.231. The lowest BCUT2D eigenvalue weighted by atomic mass is 10.1. The predicted molar refractivity (Wildman–Crippen MR) is 65.7 cm³/mol. The first-order valence-corrected chi connectivity index (χ1v) is 5.59. The first kappa shape index (κ1) is 11.4. The van der Waals surface area contributed by atoms with Crippen molar-refractivity contribution >= 4 is 5.91 Å². The van der Waals surface area contributed by atoms with Crippen LogP contribution in [0.15, 0.2) is 36.7 Å². The largest absolute Gasteiger partial charge is 0.366 e. The first-order valence-electron chi connectivity index (χ1n) is 5.59. The minimum absolute atomic E-state index is 0.395. The van der Waals surface area contributed by atoms with Gasteiger partial charge in [0.2, 0.25) is 5.91 Å². The Kier molecular flexibility index (Phi) is 3.23. The number of aromatic nitrogens is 2. The van der Waals surface area contributed by atoms with E-state index in [4.69, 9.17) is 5.73 Å². The van der Waals surface area contributed by atoms with Gasteiger partial charge in [0, 0.05) is 30.9 Å². The molecule has 1 aromatic heterocycles. The van der Waals surface area contributed by atoms with Crippen molar-refractivity contribution in [2.45, 2.75) is 19.9 Å². The van der Waals surface area contributed by atoms with Crippen LogP contribution < -0.4 is 5.73 Å². The molecule has 2 aromatic rings. The van der Waals surface area contributed by atoms with Gasteiger partial charge >= 0.3 is 0 Å². The fourth-order valence-corrected chi connectivity index (χ4v) is 1.82. The molecule has 0 aliphatic heterocycles. The number of carbonyl (C=O) groups excluding carboxylic acids is 1. The maximum atomic E-state index is 11.1. The number of imidazole rings is 1. The number of hydrogen-bond acceptors (Lipinski definition) is 2. The van der Waals surface area contributed by atoms with E-state index in [1.807, 2.05) is 24.4 Å². The lowest BCUT2D eigenvalue weighted by Crippen LogP contribution is -2.11. The Morgan fingerprint density at radius 1 is 1.47 bits per heavy atom. The summed E-state index contributed by atoms with van der Waals surface area (Å²) >= 11 is 0. The average molecular weight is 229 g/mol. The minimum Gasteiger partial charge on any atom is -0.366 e. The Hall–Kier alpha value is -2.10. The second-order valence-corrected chi connectivity index (χ2v) is 3.89. The molecule has 1 aromatic carbocycles. The first-order chi connectivity index (χ1) is 8.20. The third-order valence-corrected chi connectivity index (χ3v) is 2.68. The summed E-state index contributed by atoms with van der Waals surface area (Å²) in [5.41, 5.74) is 6.85. The number of amides is 1. The van der Waals surface area contributed by atoms with E-state index >= 15 is 0 Å². The molecule has 2 rings (SSSR count). The minimum atomic E-state index is -0.395. The van der Waals surface area contributed by atoms with Gasteiger partial charge in [0.1, 0.15) is 5.82 Å². The molecule has 1 amide bonds. The highest BCUT2D eigenvalue weighted by Gasteiger charge is 2.04. The third-order valence-electron chi connectivity index (χ3n) is 2.68. The molecular formula is C13H15N3O. The van der Waals surface area contributed by atoms with Gasteiger partial charge < -0.3 is 10.3 Å². The number of rotatable bonds is 4. The van der Waals surface area contributed by atoms with Crippen LogP contribution in [-0.4, -0.2) is 15.5 Å². The van der Waals surface area contributed by atoms with Gasteiger partial charge in [-0.1, -0.05) is 19.1 Å². The van der Waals surface area contributed by atoms with Crippen molar-refractivity contribution in [3.05, 3.63) is 53.6 Å². The molecule has 0 radical (unpaired) electrons. The van der Waals surface area contributed by atoms with Crippen molar-refractivity contribution in [3.63, 3.8) is 0 Å². The van der Waals surface area contributed by atoms with Crippen molar-refractivity contribution in [1.82, 2.24) is 9.55 Å². The van der Waals surface area contributed by atoms with Crippen LogP contribution >= 0.6 is 0 Å². The summed E-state index contributed by atoms with van der Waals surface area (Å²) in [6.45, 7) is 2.78. The number of hydrogen-bond donors (Lipinski definition) is 1. The highest BCUT2D eigenvalue weighted by atomic mass is 16.1. The lowest BCUT2D eigenvalue weighted by molar-refractivity contribution is 0.1000. The molecule has 0 aliphatic carbocycles. The zero-order chi connectivity index (χ0) is 12.3. The van der Waals surface area contributed by atoms with Gasteiger partial charge in [-0.2, -0.15) is 0 Å². The summed E-state index contributed by atoms with van der Waals surface area (Å²) in [5, 5.41) is 0. The van der Waals surface area contributed by atoms with E-state index in [2.05, 4.69) is 16.5 Å². The maximum Gasteiger partial charge on any atom is 0.248 e. The van der Waals surface area contributed by atoms with Crippen LogP contribution in [0.5, 0.6) is 0 Å². The molecule has 17 heavy (non-hydrogen) atoms. The second-order valence-electron chi connectivity index (χ2n) is 3.89. The molecule has 0 bridgehead atoms. The highest BCUT2D eigenvalue weighted by Crippen LogP contribution is 2.09. The van der Waals surface area contributed by atoms with Crippen molar-refractivity contribution in [2.75, 3.05) is 0 Å². The van der Waals surface area contributed by atoms with Gasteiger partial charge in [0.15, 0.2) is 0 Å². The molecule has 0 saturated heterocycles. The molecule has 2 N–H and O–H groups in total. The van der Waals surface area contributed by atoms with E-state index in [1.54, 1.807) is 12.3 Å². The van der Waals surface area contributed by atoms with Gasteiger partial charge in [0.05, 0.1) is 0 Å². The molecule has 4 heteroatoms. The molecule has 88 valence electrons. The molecule has 0 aliphatic rings. The number of nitrogens with two attached hydrogens (primary N) is 1. The molecule has 0 atom stereocenters. The van der Waals surface area contributed by atoms with Gasteiger partial charge in [-0.15, -0.1) is 0 Å². The molecule has 0 saturated carbocycles. The molecule has 1 heterocycles. The number of primary amides is 1. The Morgan fingerprint density at radius 3 is 3.00 bits per heavy atom. The van der Waals surface area contributed by atoms with Crippen LogP contribution in [-0.2, 0) is 13.0 Å². The number of carbonyl (C=O) groups is 1. The average Bonchev–Trinajstić information content (AvgIpc) is 2.76. The van der Waals surface area contributed by atoms with E-state index in [1.165, 1.54) is 0 Å². The molecular weight excluding hydrogens is 214 g/mol. The molecule has 0 spiro atoms. The maximum absolute atomic E-state index is 11.1. The van der Waals surface area contributed by atoms with Crippen LogP contribution in [0.25, 0.3) is 0 Å². The predicted octanol–water partition coefficient (Wildman–Crippen LogP) is 1.59. The standard InChI is InChI=1S/C13H15N3O/c1-2-12-15-6-7-16(12)9-10-4-3-5-11(8-10)13(14)17/h3-8H,2,9H2,1H3,(H2,14,17). The van der Waals surface area contributed by atoms with Crippen LogP contribution in [0, 0.1) is 0 Å². The van der Waals surface area contributed by atoms with Crippen molar-refractivity contribution in [2.24, 2.45) is 5.73 Å². The Balaban J connectivity index is 2.24. The van der Waals surface area contributed by atoms with Crippen molar-refractivity contribution in [3.8, 4) is 0 Å². The summed E-state index contributed by atoms with van der Waals surface area (Å²) in [7, 11) is 0. The quantitative estimate of drug-likeness (QED) is 0.865. The third kappa shape index (κ3) is 2.53. The SMILES string of the molecule is CCc1nccn1Cc1cccc(C(N)=O)c1. The second kappa shape index (κ2) is 4.82. The van der Waals surface area contributed by atoms with Gasteiger partial charge in [-0.3, -0.25) is 4.79 Å².